The number of hydrogen-bond donors (Lipinski definition) is 0. The van der Waals surface area contributed by atoms with Gasteiger partial charge in [0.2, 0.25) is 0 Å². The molecule has 0 radical (unpaired) electrons. The van der Waals surface area contributed by atoms with E-state index in [0.29, 0.717) is 0 Å². The smallest absolute Gasteiger partial charge is 0.272 e. The molecule has 1 amide bonds. The molecule has 4 nitrogen and oxygen atoms in total. The molecule has 1 aromatic carbocycles. The number of benzene rings is 1. The fraction of sp³-hybridized carbons (Fsp3) is 0.444. The lowest BCUT2D eigenvalue weighted by atomic mass is 9.92. The van der Waals surface area contributed by atoms with Crippen molar-refractivity contribution in [3.05, 3.63) is 53.9 Å². The zero-order valence-electron chi connectivity index (χ0n) is 13.8. The van der Waals surface area contributed by atoms with Crippen LogP contribution in [0.1, 0.15) is 42.2 Å². The summed E-state index contributed by atoms with van der Waals surface area (Å²) in [5, 5.41) is 3.87. The number of halogens is 2. The van der Waals surface area contributed by atoms with Crippen molar-refractivity contribution in [2.75, 3.05) is 0 Å². The summed E-state index contributed by atoms with van der Waals surface area (Å²) in [7, 11) is 0. The maximum Gasteiger partial charge on any atom is 0.272 e. The van der Waals surface area contributed by atoms with E-state index < -0.39 is 13.0 Å². The first-order chi connectivity index (χ1) is 11.5. The number of amides is 1. The second-order valence-corrected chi connectivity index (χ2v) is 6.34. The lowest BCUT2D eigenvalue weighted by Gasteiger charge is -2.28. The summed E-state index contributed by atoms with van der Waals surface area (Å²) in [6.07, 6.45) is -0.280. The third kappa shape index (κ3) is 3.05. The highest BCUT2D eigenvalue weighted by Gasteiger charge is 2.40. The first kappa shape index (κ1) is 16.6. The molecule has 1 saturated heterocycles. The second kappa shape index (κ2) is 6.71. The van der Waals surface area contributed by atoms with Crippen LogP contribution in [0.2, 0.25) is 0 Å². The number of hydrogen-bond acceptors (Lipinski definition) is 2. The number of aromatic nitrogens is 2. The van der Waals surface area contributed by atoms with Crippen LogP contribution in [0.25, 0.3) is 0 Å². The van der Waals surface area contributed by atoms with Crippen LogP contribution >= 0.6 is 0 Å². The van der Waals surface area contributed by atoms with Gasteiger partial charge in [0.05, 0.1) is 0 Å². The van der Waals surface area contributed by atoms with E-state index in [1.807, 2.05) is 32.0 Å². The number of carbonyl (C=O) groups excluding carboxylic acids is 1. The SMILES string of the molecule is CC1CC(c2ccccc2)C(C)N1C(=O)c1ccnn1CC(F)F. The Balaban J connectivity index is 1.84. The quantitative estimate of drug-likeness (QED) is 0.858. The molecule has 1 aliphatic heterocycles. The van der Waals surface area contributed by atoms with Crippen LogP contribution in [0.3, 0.4) is 0 Å². The standard InChI is InChI=1S/C18H21F2N3O/c1-12-10-15(14-6-4-3-5-7-14)13(2)23(12)18(24)16-8-9-21-22(16)11-17(19)20/h3-9,12-13,15,17H,10-11H2,1-2H3. The largest absolute Gasteiger partial charge is 0.331 e. The van der Waals surface area contributed by atoms with Gasteiger partial charge in [-0.3, -0.25) is 9.48 Å². The van der Waals surface area contributed by atoms with Crippen molar-refractivity contribution in [1.29, 1.82) is 0 Å². The van der Waals surface area contributed by atoms with E-state index in [-0.39, 0.29) is 29.6 Å². The molecule has 3 rings (SSSR count). The Bertz CT molecular complexity index is 701. The molecule has 128 valence electrons. The van der Waals surface area contributed by atoms with Gasteiger partial charge < -0.3 is 4.90 Å². The molecule has 1 aliphatic rings. The molecule has 6 heteroatoms. The van der Waals surface area contributed by atoms with Gasteiger partial charge in [0.15, 0.2) is 0 Å². The van der Waals surface area contributed by atoms with Gasteiger partial charge in [-0.1, -0.05) is 30.3 Å². The maximum absolute atomic E-state index is 12.9. The van der Waals surface area contributed by atoms with Gasteiger partial charge in [-0.25, -0.2) is 8.78 Å². The van der Waals surface area contributed by atoms with Gasteiger partial charge in [0, 0.05) is 24.2 Å². The van der Waals surface area contributed by atoms with Gasteiger partial charge >= 0.3 is 0 Å². The molecule has 0 bridgehead atoms. The van der Waals surface area contributed by atoms with E-state index in [2.05, 4.69) is 17.2 Å². The summed E-state index contributed by atoms with van der Waals surface area (Å²) >= 11 is 0. The third-order valence-electron chi connectivity index (χ3n) is 4.80. The predicted octanol–water partition coefficient (Wildman–Crippen LogP) is 3.55. The highest BCUT2D eigenvalue weighted by molar-refractivity contribution is 5.93. The third-order valence-corrected chi connectivity index (χ3v) is 4.80. The van der Waals surface area contributed by atoms with Gasteiger partial charge in [-0.15, -0.1) is 0 Å². The summed E-state index contributed by atoms with van der Waals surface area (Å²) in [5.41, 5.74) is 1.43. The zero-order valence-corrected chi connectivity index (χ0v) is 13.8. The van der Waals surface area contributed by atoms with Crippen LogP contribution in [-0.4, -0.2) is 39.1 Å². The second-order valence-electron chi connectivity index (χ2n) is 6.34. The molecule has 0 saturated carbocycles. The van der Waals surface area contributed by atoms with Crippen LogP contribution in [0.15, 0.2) is 42.6 Å². The van der Waals surface area contributed by atoms with Crippen molar-refractivity contribution in [3.8, 4) is 0 Å². The highest BCUT2D eigenvalue weighted by Crippen LogP contribution is 2.38. The van der Waals surface area contributed by atoms with Crippen molar-refractivity contribution in [1.82, 2.24) is 14.7 Å². The minimum Gasteiger partial charge on any atom is -0.331 e. The van der Waals surface area contributed by atoms with E-state index in [0.717, 1.165) is 11.1 Å². The predicted molar refractivity (Wildman–Crippen MR) is 87.1 cm³/mol. The average Bonchev–Trinajstić information content (AvgIpc) is 3.11. The highest BCUT2D eigenvalue weighted by atomic mass is 19.3. The van der Waals surface area contributed by atoms with E-state index >= 15 is 0 Å². The molecule has 2 heterocycles. The van der Waals surface area contributed by atoms with Gasteiger partial charge in [-0.05, 0) is 31.9 Å². The van der Waals surface area contributed by atoms with Crippen molar-refractivity contribution >= 4 is 5.91 Å². The van der Waals surface area contributed by atoms with Gasteiger partial charge in [-0.2, -0.15) is 5.10 Å². The van der Waals surface area contributed by atoms with Crippen LogP contribution in [0, 0.1) is 0 Å². The fourth-order valence-electron chi connectivity index (χ4n) is 3.70. The molecular weight excluding hydrogens is 312 g/mol. The Labute approximate surface area is 140 Å². The summed E-state index contributed by atoms with van der Waals surface area (Å²) in [4.78, 5) is 14.7. The number of nitrogens with zero attached hydrogens (tertiary/aromatic N) is 3. The lowest BCUT2D eigenvalue weighted by molar-refractivity contribution is 0.0663. The Morgan fingerprint density at radius 2 is 1.96 bits per heavy atom. The molecule has 1 fully saturated rings. The Morgan fingerprint density at radius 1 is 1.25 bits per heavy atom. The molecule has 1 aromatic heterocycles. The monoisotopic (exact) mass is 333 g/mol. The molecule has 0 N–H and O–H groups in total. The number of carbonyl (C=O) groups is 1. The lowest BCUT2D eigenvalue weighted by Crippen LogP contribution is -2.40. The first-order valence-electron chi connectivity index (χ1n) is 8.16. The molecule has 0 spiro atoms. The van der Waals surface area contributed by atoms with Crippen LogP contribution < -0.4 is 0 Å². The molecule has 0 aliphatic carbocycles. The molecule has 2 aromatic rings. The minimum absolute atomic E-state index is 0.00444. The summed E-state index contributed by atoms with van der Waals surface area (Å²) in [6, 6.07) is 11.7. The fourth-order valence-corrected chi connectivity index (χ4v) is 3.70. The topological polar surface area (TPSA) is 38.1 Å². The number of alkyl halides is 2. The molecule has 3 unspecified atom stereocenters. The minimum atomic E-state index is -2.54. The summed E-state index contributed by atoms with van der Waals surface area (Å²) in [6.45, 7) is 3.46. The normalized spacial score (nSPS) is 23.9. The zero-order chi connectivity index (χ0) is 17.3. The maximum atomic E-state index is 12.9. The average molecular weight is 333 g/mol. The van der Waals surface area contributed by atoms with E-state index in [9.17, 15) is 13.6 Å². The summed E-state index contributed by atoms with van der Waals surface area (Å²) in [5.74, 6) is 0.0169. The van der Waals surface area contributed by atoms with Crippen molar-refractivity contribution in [3.63, 3.8) is 0 Å². The number of likely N-dealkylation sites (tertiary alicyclic amines) is 1. The van der Waals surface area contributed by atoms with Gasteiger partial charge in [0.25, 0.3) is 12.3 Å². The summed E-state index contributed by atoms with van der Waals surface area (Å²) < 4.78 is 26.4. The van der Waals surface area contributed by atoms with E-state index in [1.54, 1.807) is 4.90 Å². The van der Waals surface area contributed by atoms with Crippen LogP contribution in [-0.2, 0) is 6.54 Å². The van der Waals surface area contributed by atoms with Crippen molar-refractivity contribution < 1.29 is 13.6 Å². The van der Waals surface area contributed by atoms with Gasteiger partial charge in [0.1, 0.15) is 12.2 Å². The van der Waals surface area contributed by atoms with Crippen LogP contribution in [0.5, 0.6) is 0 Å². The molecule has 3 atom stereocenters. The Kier molecular flexibility index (Phi) is 4.64. The molecule has 24 heavy (non-hydrogen) atoms. The van der Waals surface area contributed by atoms with E-state index in [4.69, 9.17) is 0 Å². The van der Waals surface area contributed by atoms with Crippen LogP contribution in [0.4, 0.5) is 8.78 Å². The van der Waals surface area contributed by atoms with Crippen molar-refractivity contribution in [2.24, 2.45) is 0 Å². The molecular formula is C18H21F2N3O. The first-order valence-corrected chi connectivity index (χ1v) is 8.16. The number of rotatable bonds is 4. The van der Waals surface area contributed by atoms with E-state index in [1.165, 1.54) is 17.8 Å². The Morgan fingerprint density at radius 3 is 2.62 bits per heavy atom. The van der Waals surface area contributed by atoms with Crippen molar-refractivity contribution in [2.45, 2.75) is 51.2 Å². The Hall–Kier alpha value is -2.24.